The lowest BCUT2D eigenvalue weighted by atomic mass is 9.97. The zero-order valence-corrected chi connectivity index (χ0v) is 17.5. The lowest BCUT2D eigenvalue weighted by molar-refractivity contribution is -0.137. The van der Waals surface area contributed by atoms with E-state index in [4.69, 9.17) is 4.52 Å². The third-order valence-corrected chi connectivity index (χ3v) is 5.64. The van der Waals surface area contributed by atoms with Crippen molar-refractivity contribution in [2.24, 2.45) is 0 Å². The Labute approximate surface area is 183 Å². The lowest BCUT2D eigenvalue weighted by Gasteiger charge is -2.13. The van der Waals surface area contributed by atoms with E-state index in [1.165, 1.54) is 35.6 Å². The van der Waals surface area contributed by atoms with Gasteiger partial charge in [-0.05, 0) is 64.7 Å². The second-order valence-corrected chi connectivity index (χ2v) is 7.58. The van der Waals surface area contributed by atoms with Crippen LogP contribution in [0.2, 0.25) is 0 Å². The highest BCUT2D eigenvalue weighted by Gasteiger charge is 2.35. The van der Waals surface area contributed by atoms with Crippen molar-refractivity contribution in [1.82, 2.24) is 10.1 Å². The number of methoxy groups -OCH3 is 1. The van der Waals surface area contributed by atoms with Gasteiger partial charge < -0.3 is 9.26 Å². The standard InChI is InChI=1S/C22H14F4N2O3S/c1-11-9-32-10-16(11)14-5-4-13(7-17(14)22(24,25)26)20-27-19(28-31-20)12-3-6-15(18(23)8-12)21(29)30-2/h3-10H,1-2H3. The number of carbonyl (C=O) groups is 1. The summed E-state index contributed by atoms with van der Waals surface area (Å²) in [5.41, 5.74) is 0.456. The minimum absolute atomic E-state index is 0.0402. The number of nitrogens with zero attached hydrogens (tertiary/aromatic N) is 2. The van der Waals surface area contributed by atoms with E-state index < -0.39 is 23.5 Å². The molecule has 0 fully saturated rings. The third kappa shape index (κ3) is 4.01. The number of rotatable bonds is 4. The summed E-state index contributed by atoms with van der Waals surface area (Å²) in [7, 11) is 1.13. The number of aromatic nitrogens is 2. The first-order chi connectivity index (χ1) is 15.2. The first kappa shape index (κ1) is 21.7. The van der Waals surface area contributed by atoms with Crippen molar-refractivity contribution in [3.8, 4) is 34.0 Å². The maximum atomic E-state index is 14.2. The van der Waals surface area contributed by atoms with Crippen LogP contribution in [0.25, 0.3) is 34.0 Å². The van der Waals surface area contributed by atoms with Crippen LogP contribution < -0.4 is 0 Å². The maximum absolute atomic E-state index is 14.2. The number of alkyl halides is 3. The molecule has 0 aliphatic heterocycles. The normalized spacial score (nSPS) is 11.6. The summed E-state index contributed by atoms with van der Waals surface area (Å²) in [6.45, 7) is 1.74. The molecule has 4 aromatic rings. The zero-order chi connectivity index (χ0) is 23.0. The summed E-state index contributed by atoms with van der Waals surface area (Å²) < 4.78 is 65.1. The molecule has 0 amide bonds. The Morgan fingerprint density at radius 1 is 1.06 bits per heavy atom. The van der Waals surface area contributed by atoms with Crippen LogP contribution in [-0.2, 0) is 10.9 Å². The van der Waals surface area contributed by atoms with E-state index in [9.17, 15) is 22.4 Å². The Morgan fingerprint density at radius 2 is 1.81 bits per heavy atom. The fourth-order valence-electron chi connectivity index (χ4n) is 3.17. The van der Waals surface area contributed by atoms with Gasteiger partial charge in [0.25, 0.3) is 5.89 Å². The van der Waals surface area contributed by atoms with E-state index >= 15 is 0 Å². The molecule has 10 heteroatoms. The van der Waals surface area contributed by atoms with Crippen molar-refractivity contribution >= 4 is 17.3 Å². The summed E-state index contributed by atoms with van der Waals surface area (Å²) >= 11 is 1.32. The van der Waals surface area contributed by atoms with Crippen molar-refractivity contribution in [2.45, 2.75) is 13.1 Å². The number of thiophene rings is 1. The molecule has 0 aliphatic rings. The predicted molar refractivity (Wildman–Crippen MR) is 110 cm³/mol. The van der Waals surface area contributed by atoms with Crippen LogP contribution in [0.1, 0.15) is 21.5 Å². The number of esters is 1. The molecule has 0 saturated heterocycles. The molecular formula is C22H14F4N2O3S. The van der Waals surface area contributed by atoms with Crippen LogP contribution in [0, 0.1) is 12.7 Å². The lowest BCUT2D eigenvalue weighted by Crippen LogP contribution is -2.07. The molecule has 5 nitrogen and oxygen atoms in total. The van der Waals surface area contributed by atoms with E-state index in [2.05, 4.69) is 14.9 Å². The van der Waals surface area contributed by atoms with Gasteiger partial charge in [-0.1, -0.05) is 11.2 Å². The average Bonchev–Trinajstić information content (AvgIpc) is 3.41. The molecular weight excluding hydrogens is 448 g/mol. The monoisotopic (exact) mass is 462 g/mol. The molecule has 0 spiro atoms. The van der Waals surface area contributed by atoms with Gasteiger partial charge in [-0.3, -0.25) is 0 Å². The second kappa shape index (κ2) is 8.19. The van der Waals surface area contributed by atoms with E-state index in [0.29, 0.717) is 5.56 Å². The Morgan fingerprint density at radius 3 is 2.44 bits per heavy atom. The predicted octanol–water partition coefficient (Wildman–Crippen LogP) is 6.39. The molecule has 0 N–H and O–H groups in total. The van der Waals surface area contributed by atoms with Crippen molar-refractivity contribution < 1.29 is 31.6 Å². The summed E-state index contributed by atoms with van der Waals surface area (Å²) in [5, 5.41) is 7.17. The van der Waals surface area contributed by atoms with Crippen LogP contribution in [-0.4, -0.2) is 23.2 Å². The summed E-state index contributed by atoms with van der Waals surface area (Å²) in [4.78, 5) is 15.6. The van der Waals surface area contributed by atoms with Gasteiger partial charge in [0.1, 0.15) is 5.82 Å². The van der Waals surface area contributed by atoms with Gasteiger partial charge in [0.05, 0.1) is 18.2 Å². The van der Waals surface area contributed by atoms with E-state index in [1.807, 2.05) is 0 Å². The largest absolute Gasteiger partial charge is 0.465 e. The van der Waals surface area contributed by atoms with Crippen LogP contribution in [0.15, 0.2) is 51.7 Å². The fraction of sp³-hybridized carbons (Fsp3) is 0.136. The molecule has 32 heavy (non-hydrogen) atoms. The number of benzene rings is 2. The summed E-state index contributed by atoms with van der Waals surface area (Å²) in [5.74, 6) is -1.89. The Kier molecular flexibility index (Phi) is 5.55. The molecule has 0 bridgehead atoms. The van der Waals surface area contributed by atoms with Crippen LogP contribution >= 0.6 is 11.3 Å². The van der Waals surface area contributed by atoms with Crippen LogP contribution in [0.4, 0.5) is 17.6 Å². The molecule has 0 saturated carbocycles. The molecule has 0 radical (unpaired) electrons. The highest BCUT2D eigenvalue weighted by atomic mass is 32.1. The first-order valence-electron chi connectivity index (χ1n) is 9.15. The second-order valence-electron chi connectivity index (χ2n) is 6.84. The van der Waals surface area contributed by atoms with Gasteiger partial charge in [0.15, 0.2) is 0 Å². The van der Waals surface area contributed by atoms with E-state index in [1.54, 1.807) is 17.7 Å². The van der Waals surface area contributed by atoms with Gasteiger partial charge in [-0.2, -0.15) is 29.5 Å². The van der Waals surface area contributed by atoms with Crippen molar-refractivity contribution in [3.63, 3.8) is 0 Å². The van der Waals surface area contributed by atoms with Crippen molar-refractivity contribution in [2.75, 3.05) is 7.11 Å². The molecule has 0 unspecified atom stereocenters. The molecule has 2 aromatic heterocycles. The van der Waals surface area contributed by atoms with Gasteiger partial charge in [-0.15, -0.1) is 0 Å². The third-order valence-electron chi connectivity index (χ3n) is 4.78. The molecule has 2 heterocycles. The number of carbonyl (C=O) groups excluding carboxylic acids is 1. The topological polar surface area (TPSA) is 65.2 Å². The summed E-state index contributed by atoms with van der Waals surface area (Å²) in [6, 6.07) is 7.37. The Bertz CT molecular complexity index is 1310. The van der Waals surface area contributed by atoms with Gasteiger partial charge in [0, 0.05) is 11.1 Å². The zero-order valence-electron chi connectivity index (χ0n) is 16.7. The first-order valence-corrected chi connectivity index (χ1v) is 10.1. The van der Waals surface area contributed by atoms with Gasteiger partial charge in [-0.25, -0.2) is 9.18 Å². The minimum Gasteiger partial charge on any atom is -0.465 e. The summed E-state index contributed by atoms with van der Waals surface area (Å²) in [6.07, 6.45) is -4.60. The highest BCUT2D eigenvalue weighted by Crippen LogP contribution is 2.41. The van der Waals surface area contributed by atoms with Crippen LogP contribution in [0.3, 0.4) is 0 Å². The van der Waals surface area contributed by atoms with Gasteiger partial charge in [0.2, 0.25) is 5.82 Å². The SMILES string of the molecule is COC(=O)c1ccc(-c2noc(-c3ccc(-c4cscc4C)c(C(F)(F)F)c3)n2)cc1F. The number of hydrogen-bond acceptors (Lipinski definition) is 6. The molecule has 164 valence electrons. The van der Waals surface area contributed by atoms with Gasteiger partial charge >= 0.3 is 12.1 Å². The maximum Gasteiger partial charge on any atom is 0.417 e. The Hall–Kier alpha value is -3.53. The Balaban J connectivity index is 1.73. The quantitative estimate of drug-likeness (QED) is 0.260. The van der Waals surface area contributed by atoms with Crippen molar-refractivity contribution in [1.29, 1.82) is 0 Å². The number of hydrogen-bond donors (Lipinski definition) is 0. The van der Waals surface area contributed by atoms with E-state index in [-0.39, 0.29) is 34.0 Å². The molecule has 0 aliphatic carbocycles. The molecule has 4 rings (SSSR count). The highest BCUT2D eigenvalue weighted by molar-refractivity contribution is 7.08. The molecule has 0 atom stereocenters. The molecule has 2 aromatic carbocycles. The minimum atomic E-state index is -4.60. The van der Waals surface area contributed by atoms with Crippen LogP contribution in [0.5, 0.6) is 0 Å². The number of aryl methyl sites for hydroxylation is 1. The number of halogens is 4. The number of ether oxygens (including phenoxy) is 1. The van der Waals surface area contributed by atoms with Crippen molar-refractivity contribution in [3.05, 3.63) is 69.7 Å². The fourth-order valence-corrected chi connectivity index (χ4v) is 4.02. The van der Waals surface area contributed by atoms with E-state index in [0.717, 1.165) is 24.8 Å². The average molecular weight is 462 g/mol. The smallest absolute Gasteiger partial charge is 0.417 e.